The second-order valence-corrected chi connectivity index (χ2v) is 3.54. The van der Waals surface area contributed by atoms with Crippen LogP contribution < -0.4 is 11.1 Å². The van der Waals surface area contributed by atoms with Gasteiger partial charge < -0.3 is 20.9 Å². The highest BCUT2D eigenvalue weighted by Crippen LogP contribution is 2.10. The van der Waals surface area contributed by atoms with E-state index in [-0.39, 0.29) is 12.3 Å². The summed E-state index contributed by atoms with van der Waals surface area (Å²) in [4.78, 5) is 15.0. The first-order valence-corrected chi connectivity index (χ1v) is 5.27. The van der Waals surface area contributed by atoms with Gasteiger partial charge in [0.25, 0.3) is 5.91 Å². The smallest absolute Gasteiger partial charge is 0.267 e. The van der Waals surface area contributed by atoms with Gasteiger partial charge in [0.05, 0.1) is 13.2 Å². The fourth-order valence-corrected chi connectivity index (χ4v) is 1.41. The molecule has 6 nitrogen and oxygen atoms in total. The summed E-state index contributed by atoms with van der Waals surface area (Å²) in [5.41, 5.74) is 7.17. The number of aliphatic hydroxyl groups excluding tert-OH is 1. The van der Waals surface area contributed by atoms with Crippen molar-refractivity contribution in [2.24, 2.45) is 5.73 Å². The number of nitrogens with one attached hydrogen (secondary N) is 1. The Balaban J connectivity index is 2.83. The molecule has 4 N–H and O–H groups in total. The summed E-state index contributed by atoms with van der Waals surface area (Å²) in [5.74, 6) is -0.558. The SMILES string of the molecule is COCc1cc(C(N)=O)ncc1CNCCO. The number of nitrogens with zero attached hydrogens (tertiary/aromatic N) is 1. The van der Waals surface area contributed by atoms with Crippen molar-refractivity contribution in [2.45, 2.75) is 13.2 Å². The fourth-order valence-electron chi connectivity index (χ4n) is 1.41. The molecule has 1 aromatic rings. The molecule has 0 fully saturated rings. The lowest BCUT2D eigenvalue weighted by Crippen LogP contribution is -2.20. The van der Waals surface area contributed by atoms with Crippen LogP contribution in [-0.4, -0.2) is 36.3 Å². The molecule has 0 saturated carbocycles. The summed E-state index contributed by atoms with van der Waals surface area (Å²) in [7, 11) is 1.58. The first-order valence-electron chi connectivity index (χ1n) is 5.27. The van der Waals surface area contributed by atoms with Crippen molar-refractivity contribution in [1.82, 2.24) is 10.3 Å². The number of aromatic nitrogens is 1. The van der Waals surface area contributed by atoms with Crippen LogP contribution in [0.2, 0.25) is 0 Å². The van der Waals surface area contributed by atoms with Gasteiger partial charge in [0.2, 0.25) is 0 Å². The summed E-state index contributed by atoms with van der Waals surface area (Å²) in [6, 6.07) is 1.63. The van der Waals surface area contributed by atoms with Crippen molar-refractivity contribution in [3.8, 4) is 0 Å². The van der Waals surface area contributed by atoms with E-state index in [1.165, 1.54) is 0 Å². The Kier molecular flexibility index (Phi) is 5.55. The molecular weight excluding hydrogens is 222 g/mol. The molecule has 6 heteroatoms. The first-order chi connectivity index (χ1) is 8.19. The Bertz CT molecular complexity index is 382. The van der Waals surface area contributed by atoms with Crippen LogP contribution in [0.25, 0.3) is 0 Å². The van der Waals surface area contributed by atoms with Crippen molar-refractivity contribution in [3.63, 3.8) is 0 Å². The average molecular weight is 239 g/mol. The first kappa shape index (κ1) is 13.6. The van der Waals surface area contributed by atoms with Crippen LogP contribution in [0, 0.1) is 0 Å². The van der Waals surface area contributed by atoms with E-state index in [9.17, 15) is 4.79 Å². The van der Waals surface area contributed by atoms with Crippen molar-refractivity contribution in [2.75, 3.05) is 20.3 Å². The zero-order valence-electron chi connectivity index (χ0n) is 9.77. The van der Waals surface area contributed by atoms with Gasteiger partial charge >= 0.3 is 0 Å². The normalized spacial score (nSPS) is 10.5. The van der Waals surface area contributed by atoms with Gasteiger partial charge in [-0.25, -0.2) is 0 Å². The maximum Gasteiger partial charge on any atom is 0.267 e. The molecule has 0 spiro atoms. The lowest BCUT2D eigenvalue weighted by molar-refractivity contribution is 0.0995. The summed E-state index contributed by atoms with van der Waals surface area (Å²) in [5, 5.41) is 11.7. The van der Waals surface area contributed by atoms with Crippen LogP contribution in [0.4, 0.5) is 0 Å². The number of rotatable bonds is 7. The summed E-state index contributed by atoms with van der Waals surface area (Å²) in [6.45, 7) is 1.53. The molecule has 0 bridgehead atoms. The van der Waals surface area contributed by atoms with Gasteiger partial charge in [0, 0.05) is 26.4 Å². The van der Waals surface area contributed by atoms with Gasteiger partial charge in [-0.15, -0.1) is 0 Å². The van der Waals surface area contributed by atoms with Crippen LogP contribution in [0.15, 0.2) is 12.3 Å². The summed E-state index contributed by atoms with van der Waals surface area (Å²) < 4.78 is 5.05. The standard InChI is InChI=1S/C11H17N3O3/c1-17-7-8-4-10(11(12)16)14-6-9(8)5-13-2-3-15/h4,6,13,15H,2-3,5,7H2,1H3,(H2,12,16). The Labute approximate surface area is 99.8 Å². The number of carbonyl (C=O) groups excluding carboxylic acids is 1. The number of amides is 1. The van der Waals surface area contributed by atoms with E-state index in [1.807, 2.05) is 0 Å². The van der Waals surface area contributed by atoms with Crippen molar-refractivity contribution < 1.29 is 14.6 Å². The van der Waals surface area contributed by atoms with Gasteiger partial charge in [0.1, 0.15) is 5.69 Å². The van der Waals surface area contributed by atoms with E-state index in [1.54, 1.807) is 19.4 Å². The topological polar surface area (TPSA) is 97.5 Å². The Morgan fingerprint density at radius 3 is 2.94 bits per heavy atom. The quantitative estimate of drug-likeness (QED) is 0.552. The molecule has 1 rings (SSSR count). The number of methoxy groups -OCH3 is 1. The van der Waals surface area contributed by atoms with Gasteiger partial charge in [-0.1, -0.05) is 0 Å². The molecule has 17 heavy (non-hydrogen) atoms. The highest BCUT2D eigenvalue weighted by atomic mass is 16.5. The highest BCUT2D eigenvalue weighted by molar-refractivity contribution is 5.90. The number of hydrogen-bond acceptors (Lipinski definition) is 5. The molecule has 1 amide bonds. The molecule has 0 radical (unpaired) electrons. The number of ether oxygens (including phenoxy) is 1. The number of carbonyl (C=O) groups is 1. The maximum absolute atomic E-state index is 11.0. The molecule has 0 atom stereocenters. The lowest BCUT2D eigenvalue weighted by atomic mass is 10.1. The van der Waals surface area contributed by atoms with Crippen LogP contribution >= 0.6 is 0 Å². The maximum atomic E-state index is 11.0. The van der Waals surface area contributed by atoms with Crippen LogP contribution in [0.3, 0.4) is 0 Å². The highest BCUT2D eigenvalue weighted by Gasteiger charge is 2.08. The average Bonchev–Trinajstić information content (AvgIpc) is 2.31. The second kappa shape index (κ2) is 6.95. The van der Waals surface area contributed by atoms with Crippen LogP contribution in [0.5, 0.6) is 0 Å². The number of aliphatic hydroxyl groups is 1. The third-order valence-electron chi connectivity index (χ3n) is 2.24. The monoisotopic (exact) mass is 239 g/mol. The Morgan fingerprint density at radius 2 is 2.35 bits per heavy atom. The molecule has 1 aromatic heterocycles. The van der Waals surface area contributed by atoms with Crippen molar-refractivity contribution >= 4 is 5.91 Å². The van der Waals surface area contributed by atoms with E-state index >= 15 is 0 Å². The predicted octanol–water partition coefficient (Wildman–Crippen LogP) is -0.591. The minimum absolute atomic E-state index is 0.0758. The van der Waals surface area contributed by atoms with E-state index in [0.717, 1.165) is 11.1 Å². The number of pyridine rings is 1. The zero-order valence-corrected chi connectivity index (χ0v) is 9.77. The van der Waals surface area contributed by atoms with E-state index in [2.05, 4.69) is 10.3 Å². The third-order valence-corrected chi connectivity index (χ3v) is 2.24. The third kappa shape index (κ3) is 4.10. The minimum atomic E-state index is -0.558. The number of primary amides is 1. The molecular formula is C11H17N3O3. The largest absolute Gasteiger partial charge is 0.395 e. The van der Waals surface area contributed by atoms with Gasteiger partial charge in [-0.2, -0.15) is 0 Å². The number of nitrogens with two attached hydrogens (primary N) is 1. The Morgan fingerprint density at radius 1 is 1.59 bits per heavy atom. The molecule has 0 aromatic carbocycles. The zero-order chi connectivity index (χ0) is 12.7. The lowest BCUT2D eigenvalue weighted by Gasteiger charge is -2.10. The van der Waals surface area contributed by atoms with E-state index < -0.39 is 5.91 Å². The molecule has 0 aliphatic carbocycles. The molecule has 1 heterocycles. The number of hydrogen-bond donors (Lipinski definition) is 3. The molecule has 0 aliphatic heterocycles. The van der Waals surface area contributed by atoms with Crippen LogP contribution in [-0.2, 0) is 17.9 Å². The van der Waals surface area contributed by atoms with Crippen LogP contribution in [0.1, 0.15) is 21.6 Å². The van der Waals surface area contributed by atoms with E-state index in [4.69, 9.17) is 15.6 Å². The summed E-state index contributed by atoms with van der Waals surface area (Å²) in [6.07, 6.45) is 1.60. The molecule has 0 aliphatic rings. The minimum Gasteiger partial charge on any atom is -0.395 e. The predicted molar refractivity (Wildman–Crippen MR) is 62.3 cm³/mol. The van der Waals surface area contributed by atoms with Gasteiger partial charge in [-0.3, -0.25) is 9.78 Å². The van der Waals surface area contributed by atoms with E-state index in [0.29, 0.717) is 19.7 Å². The Hall–Kier alpha value is -1.50. The molecule has 0 unspecified atom stereocenters. The summed E-state index contributed by atoms with van der Waals surface area (Å²) >= 11 is 0. The van der Waals surface area contributed by atoms with Gasteiger partial charge in [0.15, 0.2) is 0 Å². The van der Waals surface area contributed by atoms with Crippen molar-refractivity contribution in [3.05, 3.63) is 29.1 Å². The molecule has 0 saturated heterocycles. The second-order valence-electron chi connectivity index (χ2n) is 3.54. The molecule has 94 valence electrons. The van der Waals surface area contributed by atoms with Gasteiger partial charge in [-0.05, 0) is 17.2 Å². The fraction of sp³-hybridized carbons (Fsp3) is 0.455. The van der Waals surface area contributed by atoms with Crippen molar-refractivity contribution in [1.29, 1.82) is 0 Å².